The largest absolute Gasteiger partial charge is 0.480 e. The summed E-state index contributed by atoms with van der Waals surface area (Å²) in [6.07, 6.45) is -0.187. The zero-order valence-corrected chi connectivity index (χ0v) is 18.9. The van der Waals surface area contributed by atoms with Crippen LogP contribution in [0.4, 0.5) is 0 Å². The summed E-state index contributed by atoms with van der Waals surface area (Å²) in [4.78, 5) is 38.9. The number of nitrogens with zero attached hydrogens (tertiary/aromatic N) is 1. The highest BCUT2D eigenvalue weighted by molar-refractivity contribution is 5.88. The number of ether oxygens (including phenoxy) is 3. The number of carboxylic acid groups (broad SMARTS) is 1. The van der Waals surface area contributed by atoms with E-state index in [1.807, 2.05) is 30.3 Å². The van der Waals surface area contributed by atoms with Crippen molar-refractivity contribution in [3.05, 3.63) is 35.9 Å². The number of benzene rings is 1. The number of hydrogen-bond acceptors (Lipinski definition) is 7. The molecule has 3 unspecified atom stereocenters. The molecule has 0 bridgehead atoms. The Hall–Kier alpha value is -2.49. The Morgan fingerprint density at radius 3 is 2.56 bits per heavy atom. The van der Waals surface area contributed by atoms with E-state index in [4.69, 9.17) is 14.2 Å². The fraction of sp³-hybridized carbons (Fsp3) is 0.609. The summed E-state index contributed by atoms with van der Waals surface area (Å²) < 4.78 is 16.7. The van der Waals surface area contributed by atoms with Gasteiger partial charge in [0.05, 0.1) is 19.2 Å². The maximum absolute atomic E-state index is 13.2. The van der Waals surface area contributed by atoms with Gasteiger partial charge in [0.25, 0.3) is 0 Å². The van der Waals surface area contributed by atoms with Gasteiger partial charge in [0.15, 0.2) is 11.8 Å². The van der Waals surface area contributed by atoms with Crippen molar-refractivity contribution in [2.45, 2.75) is 76.7 Å². The van der Waals surface area contributed by atoms with Crippen molar-refractivity contribution < 1.29 is 33.7 Å². The van der Waals surface area contributed by atoms with Gasteiger partial charge in [0.2, 0.25) is 5.91 Å². The van der Waals surface area contributed by atoms with Gasteiger partial charge in [-0.2, -0.15) is 0 Å². The van der Waals surface area contributed by atoms with E-state index in [1.54, 1.807) is 27.7 Å². The fourth-order valence-corrected chi connectivity index (χ4v) is 4.35. The molecule has 9 heteroatoms. The summed E-state index contributed by atoms with van der Waals surface area (Å²) in [5, 5.41) is 12.8. The molecule has 5 atom stereocenters. The van der Waals surface area contributed by atoms with Crippen molar-refractivity contribution >= 4 is 17.8 Å². The van der Waals surface area contributed by atoms with Gasteiger partial charge in [-0.15, -0.1) is 0 Å². The lowest BCUT2D eigenvalue weighted by molar-refractivity contribution is -0.175. The van der Waals surface area contributed by atoms with E-state index in [1.165, 1.54) is 4.90 Å². The maximum Gasteiger partial charge on any atom is 0.329 e. The molecule has 176 valence electrons. The third-order valence-corrected chi connectivity index (χ3v) is 5.74. The lowest BCUT2D eigenvalue weighted by Crippen LogP contribution is -2.55. The molecule has 0 aliphatic carbocycles. The number of nitrogens with one attached hydrogen (secondary N) is 1. The van der Waals surface area contributed by atoms with Crippen LogP contribution in [0.1, 0.15) is 39.7 Å². The number of rotatable bonds is 9. The van der Waals surface area contributed by atoms with Gasteiger partial charge < -0.3 is 24.2 Å². The number of carboxylic acids is 1. The van der Waals surface area contributed by atoms with E-state index in [9.17, 15) is 19.5 Å². The highest BCUT2D eigenvalue weighted by Crippen LogP contribution is 2.37. The molecule has 2 N–H and O–H groups in total. The predicted molar refractivity (Wildman–Crippen MR) is 115 cm³/mol. The van der Waals surface area contributed by atoms with Crippen molar-refractivity contribution in [3.63, 3.8) is 0 Å². The normalized spacial score (nSPS) is 25.8. The van der Waals surface area contributed by atoms with Crippen LogP contribution in [0.5, 0.6) is 0 Å². The second-order valence-electron chi connectivity index (χ2n) is 8.63. The molecule has 2 fully saturated rings. The van der Waals surface area contributed by atoms with Crippen LogP contribution in [-0.2, 0) is 35.0 Å². The number of carbonyl (C=O) groups is 3. The molecule has 0 aromatic heterocycles. The topological polar surface area (TPSA) is 114 Å². The van der Waals surface area contributed by atoms with Crippen molar-refractivity contribution in [1.82, 2.24) is 10.2 Å². The molecule has 1 aromatic carbocycles. The number of carbonyl (C=O) groups excluding carboxylic acids is 2. The average molecular weight is 449 g/mol. The molecule has 2 aliphatic rings. The van der Waals surface area contributed by atoms with Crippen LogP contribution in [0.25, 0.3) is 0 Å². The van der Waals surface area contributed by atoms with Gasteiger partial charge in [0, 0.05) is 0 Å². The second kappa shape index (κ2) is 9.97. The van der Waals surface area contributed by atoms with Crippen molar-refractivity contribution in [3.8, 4) is 0 Å². The number of fused-ring (bicyclic) bond motifs is 1. The molecule has 9 nitrogen and oxygen atoms in total. The van der Waals surface area contributed by atoms with Gasteiger partial charge >= 0.3 is 11.9 Å². The quantitative estimate of drug-likeness (QED) is 0.544. The Morgan fingerprint density at radius 2 is 1.94 bits per heavy atom. The minimum atomic E-state index is -1.15. The highest BCUT2D eigenvalue weighted by Gasteiger charge is 2.57. The summed E-state index contributed by atoms with van der Waals surface area (Å²) in [6.45, 7) is 7.13. The van der Waals surface area contributed by atoms with Crippen molar-refractivity contribution in [2.24, 2.45) is 0 Å². The van der Waals surface area contributed by atoms with Crippen LogP contribution in [0, 0.1) is 0 Å². The Morgan fingerprint density at radius 1 is 1.25 bits per heavy atom. The Bertz CT molecular complexity index is 829. The van der Waals surface area contributed by atoms with E-state index in [0.29, 0.717) is 12.8 Å². The predicted octanol–water partition coefficient (Wildman–Crippen LogP) is 1.34. The van der Waals surface area contributed by atoms with Crippen LogP contribution >= 0.6 is 0 Å². The van der Waals surface area contributed by atoms with E-state index >= 15 is 0 Å². The zero-order valence-electron chi connectivity index (χ0n) is 18.9. The monoisotopic (exact) mass is 448 g/mol. The SMILES string of the molecule is CCOC(=O)[C@H](CCc1ccccc1)NC(C)C(=O)N1CC2OC(C)(C)OC2[C@H]1C(=O)O. The fourth-order valence-electron chi connectivity index (χ4n) is 4.35. The first-order chi connectivity index (χ1) is 15.1. The van der Waals surface area contributed by atoms with Crippen molar-refractivity contribution in [2.75, 3.05) is 13.2 Å². The lowest BCUT2D eigenvalue weighted by atomic mass is 10.0. The number of likely N-dealkylation sites (tertiary alicyclic amines) is 1. The second-order valence-corrected chi connectivity index (χ2v) is 8.63. The molecular weight excluding hydrogens is 416 g/mol. The maximum atomic E-state index is 13.2. The third kappa shape index (κ3) is 5.46. The first kappa shape index (κ1) is 24.2. The number of aliphatic carboxylic acids is 1. The molecule has 0 spiro atoms. The van der Waals surface area contributed by atoms with Crippen LogP contribution in [0.15, 0.2) is 30.3 Å². The standard InChI is InChI=1S/C23H32N2O7/c1-5-30-22(29)16(12-11-15-9-7-6-8-10-15)24-14(2)20(26)25-13-17-19(18(25)21(27)28)32-23(3,4)31-17/h6-10,14,16-19,24H,5,11-13H2,1-4H3,(H,27,28)/t14?,16-,17?,18-,19?/m0/s1. The van der Waals surface area contributed by atoms with E-state index in [2.05, 4.69) is 5.32 Å². The lowest BCUT2D eigenvalue weighted by Gasteiger charge is -2.30. The number of aryl methyl sites for hydroxylation is 1. The Kier molecular flexibility index (Phi) is 7.53. The Balaban J connectivity index is 1.68. The van der Waals surface area contributed by atoms with Gasteiger partial charge in [-0.1, -0.05) is 30.3 Å². The van der Waals surface area contributed by atoms with Gasteiger partial charge in [-0.05, 0) is 46.1 Å². The minimum Gasteiger partial charge on any atom is -0.480 e. The van der Waals surface area contributed by atoms with Crippen LogP contribution in [-0.4, -0.2) is 77.1 Å². The molecule has 2 heterocycles. The third-order valence-electron chi connectivity index (χ3n) is 5.74. The average Bonchev–Trinajstić information content (AvgIpc) is 3.22. The molecule has 1 aromatic rings. The summed E-state index contributed by atoms with van der Waals surface area (Å²) in [7, 11) is 0. The molecule has 3 rings (SSSR count). The van der Waals surface area contributed by atoms with Gasteiger partial charge in [-0.25, -0.2) is 4.79 Å². The zero-order chi connectivity index (χ0) is 23.5. The summed E-state index contributed by atoms with van der Waals surface area (Å²) in [5.41, 5.74) is 1.07. The molecule has 32 heavy (non-hydrogen) atoms. The smallest absolute Gasteiger partial charge is 0.329 e. The highest BCUT2D eigenvalue weighted by atomic mass is 16.8. The molecule has 2 saturated heterocycles. The minimum absolute atomic E-state index is 0.115. The summed E-state index contributed by atoms with van der Waals surface area (Å²) >= 11 is 0. The van der Waals surface area contributed by atoms with Crippen LogP contribution in [0.2, 0.25) is 0 Å². The number of esters is 1. The number of amides is 1. The first-order valence-electron chi connectivity index (χ1n) is 11.0. The molecule has 0 radical (unpaired) electrons. The number of hydrogen-bond donors (Lipinski definition) is 2. The van der Waals surface area contributed by atoms with Gasteiger partial charge in [0.1, 0.15) is 18.2 Å². The molecular formula is C23H32N2O7. The molecule has 0 saturated carbocycles. The molecule has 1 amide bonds. The van der Waals surface area contributed by atoms with Crippen molar-refractivity contribution in [1.29, 1.82) is 0 Å². The van der Waals surface area contributed by atoms with E-state index < -0.39 is 54.0 Å². The van der Waals surface area contributed by atoms with E-state index in [0.717, 1.165) is 5.56 Å². The van der Waals surface area contributed by atoms with Gasteiger partial charge in [-0.3, -0.25) is 14.9 Å². The summed E-state index contributed by atoms with van der Waals surface area (Å²) in [6, 6.07) is 7.07. The molecule has 2 aliphatic heterocycles. The van der Waals surface area contributed by atoms with E-state index in [-0.39, 0.29) is 13.2 Å². The summed E-state index contributed by atoms with van der Waals surface area (Å²) in [5.74, 6) is -2.91. The first-order valence-corrected chi connectivity index (χ1v) is 11.0. The van der Waals surface area contributed by atoms with Crippen LogP contribution in [0.3, 0.4) is 0 Å². The Labute approximate surface area is 188 Å². The van der Waals surface area contributed by atoms with Crippen LogP contribution < -0.4 is 5.32 Å².